The quantitative estimate of drug-likeness (QED) is 0.0888. The molecule has 0 unspecified atom stereocenters. The lowest BCUT2D eigenvalue weighted by atomic mass is 9.92. The SMILES string of the molecule is COC(=O)N[C@H](C(=O)N1[C@@H](C)CC[C@H]1c1nc2ccc3cc4c(cc3c2[nH]1)OCc1cc(-c2cnc([C@@H]3CC[C@H](C)N3C(=O)[C@H](NC(=O)OC)[C@@H](C)C[C@H](C)OC(C)C)[nH]2)ccc1-4)C(C)C. The lowest BCUT2D eigenvalue weighted by Gasteiger charge is -2.34. The van der Waals surface area contributed by atoms with Crippen LogP contribution >= 0.6 is 0 Å². The first-order chi connectivity index (χ1) is 31.6. The van der Waals surface area contributed by atoms with Crippen molar-refractivity contribution in [3.05, 3.63) is 65.9 Å². The van der Waals surface area contributed by atoms with Crippen molar-refractivity contribution in [3.63, 3.8) is 0 Å². The molecule has 3 aliphatic rings. The molecule has 16 nitrogen and oxygen atoms in total. The molecule has 352 valence electrons. The van der Waals surface area contributed by atoms with E-state index in [1.165, 1.54) is 14.2 Å². The van der Waals surface area contributed by atoms with Crippen LogP contribution in [0.3, 0.4) is 0 Å². The van der Waals surface area contributed by atoms with E-state index in [1.54, 1.807) is 0 Å². The Balaban J connectivity index is 1.03. The van der Waals surface area contributed by atoms with Crippen LogP contribution in [-0.2, 0) is 30.4 Å². The van der Waals surface area contributed by atoms with Crippen molar-refractivity contribution >= 4 is 45.8 Å². The van der Waals surface area contributed by atoms with Crippen molar-refractivity contribution in [2.24, 2.45) is 11.8 Å². The van der Waals surface area contributed by atoms with Gasteiger partial charge in [0.25, 0.3) is 0 Å². The van der Waals surface area contributed by atoms with Crippen LogP contribution in [0.25, 0.3) is 44.2 Å². The fourth-order valence-corrected chi connectivity index (χ4v) is 10.4. The number of hydrogen-bond acceptors (Lipinski definition) is 10. The minimum absolute atomic E-state index is 0.0309. The maximum atomic E-state index is 14.4. The molecule has 16 heteroatoms. The molecule has 5 aromatic rings. The summed E-state index contributed by atoms with van der Waals surface area (Å²) in [5.41, 5.74) is 6.55. The summed E-state index contributed by atoms with van der Waals surface area (Å²) >= 11 is 0. The highest BCUT2D eigenvalue weighted by atomic mass is 16.5. The average Bonchev–Trinajstić information content (AvgIpc) is 4.11. The van der Waals surface area contributed by atoms with Gasteiger partial charge >= 0.3 is 12.2 Å². The highest BCUT2D eigenvalue weighted by molar-refractivity contribution is 6.07. The molecule has 4 N–H and O–H groups in total. The van der Waals surface area contributed by atoms with E-state index >= 15 is 0 Å². The van der Waals surface area contributed by atoms with Gasteiger partial charge < -0.3 is 49.3 Å². The predicted octanol–water partition coefficient (Wildman–Crippen LogP) is 8.71. The van der Waals surface area contributed by atoms with Crippen LogP contribution in [0.2, 0.25) is 0 Å². The largest absolute Gasteiger partial charge is 0.488 e. The molecule has 66 heavy (non-hydrogen) atoms. The number of alkyl carbamates (subject to hydrolysis) is 2. The molecule has 0 radical (unpaired) electrons. The zero-order valence-electron chi connectivity index (χ0n) is 39.7. The second-order valence-corrected chi connectivity index (χ2v) is 19.0. The number of carbonyl (C=O) groups is 4. The number of methoxy groups -OCH3 is 2. The van der Waals surface area contributed by atoms with Gasteiger partial charge in [-0.3, -0.25) is 9.59 Å². The Kier molecular flexibility index (Phi) is 13.3. The fraction of sp³-hybridized carbons (Fsp3) is 0.520. The third kappa shape index (κ3) is 9.03. The van der Waals surface area contributed by atoms with Gasteiger partial charge in [0.15, 0.2) is 0 Å². The number of benzene rings is 3. The zero-order valence-corrected chi connectivity index (χ0v) is 39.7. The Labute approximate surface area is 385 Å². The third-order valence-corrected chi connectivity index (χ3v) is 13.6. The molecule has 4 amide bonds. The van der Waals surface area contributed by atoms with Crippen LogP contribution in [0.15, 0.2) is 48.7 Å². The van der Waals surface area contributed by atoms with E-state index in [9.17, 15) is 19.2 Å². The van der Waals surface area contributed by atoms with Gasteiger partial charge in [-0.25, -0.2) is 19.6 Å². The van der Waals surface area contributed by atoms with E-state index in [4.69, 9.17) is 28.9 Å². The number of amides is 4. The zero-order chi connectivity index (χ0) is 47.1. The van der Waals surface area contributed by atoms with Crippen LogP contribution in [0.4, 0.5) is 9.59 Å². The normalized spacial score (nSPS) is 21.0. The number of aromatic amines is 2. The number of hydrogen-bond donors (Lipinski definition) is 4. The summed E-state index contributed by atoms with van der Waals surface area (Å²) in [5.74, 6) is 1.49. The number of ether oxygens (including phenoxy) is 4. The molecular weight excluding hydrogens is 841 g/mol. The Morgan fingerprint density at radius 1 is 0.788 bits per heavy atom. The van der Waals surface area contributed by atoms with E-state index in [0.29, 0.717) is 24.7 Å². The molecule has 3 aliphatic heterocycles. The molecule has 2 fully saturated rings. The number of H-pyrrole nitrogens is 2. The van der Waals surface area contributed by atoms with Crippen molar-refractivity contribution in [1.29, 1.82) is 0 Å². The Hall–Kier alpha value is -6.16. The predicted molar refractivity (Wildman–Crippen MR) is 250 cm³/mol. The summed E-state index contributed by atoms with van der Waals surface area (Å²) in [6.07, 6.45) is 4.13. The number of imidazole rings is 2. The van der Waals surface area contributed by atoms with Gasteiger partial charge in [0.2, 0.25) is 11.8 Å². The maximum Gasteiger partial charge on any atom is 0.407 e. The van der Waals surface area contributed by atoms with Crippen molar-refractivity contribution in [1.82, 2.24) is 40.4 Å². The average molecular weight is 905 g/mol. The first-order valence-electron chi connectivity index (χ1n) is 23.3. The minimum atomic E-state index is -0.803. The summed E-state index contributed by atoms with van der Waals surface area (Å²) in [7, 11) is 2.60. The van der Waals surface area contributed by atoms with Crippen LogP contribution in [0.1, 0.15) is 117 Å². The fourth-order valence-electron chi connectivity index (χ4n) is 10.4. The second kappa shape index (κ2) is 19.0. The number of nitrogens with one attached hydrogen (secondary N) is 4. The third-order valence-electron chi connectivity index (χ3n) is 13.6. The highest BCUT2D eigenvalue weighted by Crippen LogP contribution is 2.44. The van der Waals surface area contributed by atoms with Crippen LogP contribution in [0.5, 0.6) is 5.75 Å². The van der Waals surface area contributed by atoms with Crippen LogP contribution < -0.4 is 15.4 Å². The number of carbonyl (C=O) groups excluding carboxylic acids is 4. The van der Waals surface area contributed by atoms with Crippen molar-refractivity contribution < 1.29 is 38.1 Å². The molecule has 2 saturated heterocycles. The van der Waals surface area contributed by atoms with Gasteiger partial charge in [0.05, 0.1) is 61.4 Å². The topological polar surface area (TPSA) is 193 Å². The monoisotopic (exact) mass is 904 g/mol. The van der Waals surface area contributed by atoms with Gasteiger partial charge in [0.1, 0.15) is 36.1 Å². The van der Waals surface area contributed by atoms with Gasteiger partial charge in [-0.1, -0.05) is 39.0 Å². The summed E-state index contributed by atoms with van der Waals surface area (Å²) in [4.78, 5) is 73.8. The van der Waals surface area contributed by atoms with Crippen LogP contribution in [0, 0.1) is 11.8 Å². The highest BCUT2D eigenvalue weighted by Gasteiger charge is 2.43. The smallest absolute Gasteiger partial charge is 0.407 e. The lowest BCUT2D eigenvalue weighted by molar-refractivity contribution is -0.138. The molecule has 8 atom stereocenters. The number of aromatic nitrogens is 4. The molecule has 8 rings (SSSR count). The standard InChI is InChI=1S/C50H64N8O8/c1-25(2)42(55-49(61)63-9)47(59)58-29(7)12-18-40(58)46-52-37-16-14-31-21-36-34-15-13-32(20-33(34)24-65-41(36)22-35(31)44(37)54-46)38-23-51-45(53-38)39-17-11-28(6)57(39)48(60)43(56-50(62)64-10)27(5)19-30(8)66-26(3)4/h13-16,20-23,25-30,39-40,42-43H,11-12,17-19,24H2,1-10H3,(H,51,53)(H,52,54)(H,55,61)(H,56,62)/t27-,28-,29-,30-,39-,40-,42-,43+/m0/s1. The van der Waals surface area contributed by atoms with Crippen molar-refractivity contribution in [3.8, 4) is 28.1 Å². The van der Waals surface area contributed by atoms with E-state index < -0.39 is 24.3 Å². The number of rotatable bonds is 13. The van der Waals surface area contributed by atoms with E-state index in [1.807, 2.05) is 77.5 Å². The Morgan fingerprint density at radius 3 is 2.09 bits per heavy atom. The molecule has 0 bridgehead atoms. The Bertz CT molecular complexity index is 2620. The van der Waals surface area contributed by atoms with Crippen LogP contribution in [-0.4, -0.2) is 104 Å². The molecular formula is C50H64N8O8. The molecule has 5 heterocycles. The first kappa shape index (κ1) is 46.4. The van der Waals surface area contributed by atoms with Gasteiger partial charge in [-0.15, -0.1) is 0 Å². The first-order valence-corrected chi connectivity index (χ1v) is 23.3. The Morgan fingerprint density at radius 2 is 1.44 bits per heavy atom. The summed E-state index contributed by atoms with van der Waals surface area (Å²) in [5, 5.41) is 7.56. The van der Waals surface area contributed by atoms with Gasteiger partial charge in [0, 0.05) is 23.0 Å². The van der Waals surface area contributed by atoms with E-state index in [0.717, 1.165) is 81.2 Å². The molecule has 3 aromatic carbocycles. The molecule has 2 aromatic heterocycles. The van der Waals surface area contributed by atoms with Gasteiger partial charge in [-0.2, -0.15) is 0 Å². The van der Waals surface area contributed by atoms with Crippen molar-refractivity contribution in [2.75, 3.05) is 14.2 Å². The summed E-state index contributed by atoms with van der Waals surface area (Å²) < 4.78 is 22.2. The molecule has 0 saturated carbocycles. The second-order valence-electron chi connectivity index (χ2n) is 19.0. The van der Waals surface area contributed by atoms with E-state index in [-0.39, 0.29) is 60.0 Å². The molecule has 0 spiro atoms. The van der Waals surface area contributed by atoms with Crippen molar-refractivity contribution in [2.45, 2.75) is 143 Å². The van der Waals surface area contributed by atoms with Gasteiger partial charge in [-0.05, 0) is 125 Å². The summed E-state index contributed by atoms with van der Waals surface area (Å²) in [6.45, 7) is 16.2. The number of nitrogens with zero attached hydrogens (tertiary/aromatic N) is 4. The lowest BCUT2D eigenvalue weighted by Crippen LogP contribution is -2.53. The number of likely N-dealkylation sites (tertiary alicyclic amines) is 2. The van der Waals surface area contributed by atoms with E-state index in [2.05, 4.69) is 57.0 Å². The minimum Gasteiger partial charge on any atom is -0.488 e. The maximum absolute atomic E-state index is 14.4. The molecule has 0 aliphatic carbocycles. The summed E-state index contributed by atoms with van der Waals surface area (Å²) in [6, 6.07) is 12.4. The number of fused-ring (bicyclic) bond motifs is 6.